The number of nitrogens with zero attached hydrogens (tertiary/aromatic N) is 1. The van der Waals surface area contributed by atoms with Crippen molar-refractivity contribution in [1.29, 1.82) is 0 Å². The molecule has 1 atom stereocenters. The molecule has 3 rings (SSSR count). The standard InChI is InChI=1S/C24H30N4O5/c1-5-8-32-9-7-25-22(29)15(4)19-11-16-17(23(30)28-21(16)13-26-19)12-20-18(10-14(3)27-20)24(31)33-6-2/h10-13,15,27H,5-9H2,1-4H3,(H,25,29)(H,28,30)/b17-12-/t15-/m0/s1. The number of pyridine rings is 1. The molecule has 3 N–H and O–H groups in total. The van der Waals surface area contributed by atoms with Gasteiger partial charge in [-0.1, -0.05) is 6.92 Å². The molecule has 2 aromatic rings. The summed E-state index contributed by atoms with van der Waals surface area (Å²) in [6.45, 7) is 9.13. The highest BCUT2D eigenvalue weighted by Gasteiger charge is 2.28. The fraction of sp³-hybridized carbons (Fsp3) is 0.417. The minimum atomic E-state index is -0.513. The first kappa shape index (κ1) is 24.2. The lowest BCUT2D eigenvalue weighted by Crippen LogP contribution is -2.31. The zero-order chi connectivity index (χ0) is 24.0. The van der Waals surface area contributed by atoms with Gasteiger partial charge in [0.15, 0.2) is 0 Å². The topological polar surface area (TPSA) is 122 Å². The lowest BCUT2D eigenvalue weighted by molar-refractivity contribution is -0.122. The van der Waals surface area contributed by atoms with Crippen LogP contribution in [-0.2, 0) is 19.1 Å². The summed E-state index contributed by atoms with van der Waals surface area (Å²) < 4.78 is 10.5. The van der Waals surface area contributed by atoms with Gasteiger partial charge in [0.25, 0.3) is 5.91 Å². The quantitative estimate of drug-likeness (QED) is 0.288. The summed E-state index contributed by atoms with van der Waals surface area (Å²) in [5.41, 5.74) is 3.70. The van der Waals surface area contributed by atoms with E-state index in [2.05, 4.69) is 20.6 Å². The molecule has 9 nitrogen and oxygen atoms in total. The Hall–Kier alpha value is -3.46. The van der Waals surface area contributed by atoms with Crippen molar-refractivity contribution in [2.24, 2.45) is 0 Å². The molecular formula is C24H30N4O5. The lowest BCUT2D eigenvalue weighted by Gasteiger charge is -2.13. The van der Waals surface area contributed by atoms with Crippen molar-refractivity contribution in [3.8, 4) is 0 Å². The van der Waals surface area contributed by atoms with E-state index in [9.17, 15) is 14.4 Å². The molecule has 0 aromatic carbocycles. The monoisotopic (exact) mass is 454 g/mol. The highest BCUT2D eigenvalue weighted by atomic mass is 16.5. The SMILES string of the molecule is CCCOCCNC(=O)[C@@H](C)c1cc2c(cn1)NC(=O)/C2=C\c1[nH]c(C)cc1C(=O)OCC. The first-order chi connectivity index (χ1) is 15.8. The summed E-state index contributed by atoms with van der Waals surface area (Å²) in [4.78, 5) is 45.0. The number of carbonyl (C=O) groups is 3. The largest absolute Gasteiger partial charge is 0.462 e. The minimum Gasteiger partial charge on any atom is -0.462 e. The number of amides is 2. The summed E-state index contributed by atoms with van der Waals surface area (Å²) in [7, 11) is 0. The van der Waals surface area contributed by atoms with Gasteiger partial charge in [-0.05, 0) is 45.4 Å². The molecule has 0 fully saturated rings. The van der Waals surface area contributed by atoms with E-state index < -0.39 is 11.9 Å². The lowest BCUT2D eigenvalue weighted by atomic mass is 10.00. The average molecular weight is 455 g/mol. The Morgan fingerprint density at radius 1 is 1.24 bits per heavy atom. The number of hydrogen-bond acceptors (Lipinski definition) is 6. The molecule has 1 aliphatic heterocycles. The number of H-pyrrole nitrogens is 1. The second-order valence-corrected chi connectivity index (χ2v) is 7.79. The Labute approximate surface area is 193 Å². The fourth-order valence-electron chi connectivity index (χ4n) is 3.51. The van der Waals surface area contributed by atoms with Gasteiger partial charge >= 0.3 is 5.97 Å². The van der Waals surface area contributed by atoms with Crippen LogP contribution in [0.3, 0.4) is 0 Å². The van der Waals surface area contributed by atoms with Gasteiger partial charge in [0, 0.05) is 24.4 Å². The van der Waals surface area contributed by atoms with Crippen LogP contribution >= 0.6 is 0 Å². The summed E-state index contributed by atoms with van der Waals surface area (Å²) in [6, 6.07) is 3.42. The van der Waals surface area contributed by atoms with E-state index in [0.29, 0.717) is 53.5 Å². The number of nitrogens with one attached hydrogen (secondary N) is 3. The van der Waals surface area contributed by atoms with Crippen LogP contribution in [-0.4, -0.2) is 54.1 Å². The van der Waals surface area contributed by atoms with Gasteiger partial charge in [0.1, 0.15) is 0 Å². The third-order valence-electron chi connectivity index (χ3n) is 5.21. The molecule has 0 saturated heterocycles. The van der Waals surface area contributed by atoms with Crippen molar-refractivity contribution in [3.63, 3.8) is 0 Å². The molecule has 0 aliphatic carbocycles. The molecule has 0 spiro atoms. The highest BCUT2D eigenvalue weighted by Crippen LogP contribution is 2.34. The highest BCUT2D eigenvalue weighted by molar-refractivity contribution is 6.35. The summed E-state index contributed by atoms with van der Waals surface area (Å²) >= 11 is 0. The van der Waals surface area contributed by atoms with Crippen LogP contribution in [0.1, 0.15) is 66.1 Å². The molecule has 33 heavy (non-hydrogen) atoms. The van der Waals surface area contributed by atoms with Gasteiger partial charge in [0.2, 0.25) is 5.91 Å². The molecular weight excluding hydrogens is 424 g/mol. The molecule has 3 heterocycles. The molecule has 0 unspecified atom stereocenters. The first-order valence-corrected chi connectivity index (χ1v) is 11.1. The van der Waals surface area contributed by atoms with E-state index in [0.717, 1.165) is 12.1 Å². The molecule has 176 valence electrons. The minimum absolute atomic E-state index is 0.171. The van der Waals surface area contributed by atoms with Crippen molar-refractivity contribution < 1.29 is 23.9 Å². The van der Waals surface area contributed by atoms with Gasteiger partial charge in [-0.15, -0.1) is 0 Å². The molecule has 0 bridgehead atoms. The van der Waals surface area contributed by atoms with Crippen molar-refractivity contribution in [1.82, 2.24) is 15.3 Å². The average Bonchev–Trinajstić information content (AvgIpc) is 3.32. The van der Waals surface area contributed by atoms with Gasteiger partial charge in [0.05, 0.1) is 53.5 Å². The Kier molecular flexibility index (Phi) is 8.00. The van der Waals surface area contributed by atoms with E-state index in [1.165, 1.54) is 0 Å². The van der Waals surface area contributed by atoms with Crippen LogP contribution in [0.25, 0.3) is 11.6 Å². The molecule has 9 heteroatoms. The summed E-state index contributed by atoms with van der Waals surface area (Å²) in [5.74, 6) is -1.46. The second-order valence-electron chi connectivity index (χ2n) is 7.79. The number of aromatic nitrogens is 2. The number of aryl methyl sites for hydroxylation is 1. The second kappa shape index (κ2) is 10.9. The maximum absolute atomic E-state index is 12.7. The van der Waals surface area contributed by atoms with Gasteiger partial charge in [-0.3, -0.25) is 14.6 Å². The van der Waals surface area contributed by atoms with E-state index in [-0.39, 0.29) is 18.4 Å². The van der Waals surface area contributed by atoms with Gasteiger partial charge in [-0.25, -0.2) is 4.79 Å². The fourth-order valence-corrected chi connectivity index (χ4v) is 3.51. The molecule has 2 aromatic heterocycles. The number of fused-ring (bicyclic) bond motifs is 1. The maximum atomic E-state index is 12.7. The number of aromatic amines is 1. The van der Waals surface area contributed by atoms with E-state index in [4.69, 9.17) is 9.47 Å². The number of esters is 1. The summed E-state index contributed by atoms with van der Waals surface area (Å²) in [6.07, 6.45) is 4.10. The Bertz CT molecular complexity index is 1070. The smallest absolute Gasteiger partial charge is 0.340 e. The molecule has 0 saturated carbocycles. The van der Waals surface area contributed by atoms with Crippen LogP contribution < -0.4 is 10.6 Å². The van der Waals surface area contributed by atoms with E-state index >= 15 is 0 Å². The van der Waals surface area contributed by atoms with Crippen LogP contribution in [0.5, 0.6) is 0 Å². The first-order valence-electron chi connectivity index (χ1n) is 11.1. The van der Waals surface area contributed by atoms with Crippen molar-refractivity contribution in [3.05, 3.63) is 46.5 Å². The number of carbonyl (C=O) groups excluding carboxylic acids is 3. The number of rotatable bonds is 10. The predicted molar refractivity (Wildman–Crippen MR) is 125 cm³/mol. The summed E-state index contributed by atoms with van der Waals surface area (Å²) in [5, 5.41) is 5.63. The van der Waals surface area contributed by atoms with Crippen LogP contribution in [0.4, 0.5) is 5.69 Å². The third-order valence-corrected chi connectivity index (χ3v) is 5.21. The van der Waals surface area contributed by atoms with E-state index in [1.54, 1.807) is 38.3 Å². The van der Waals surface area contributed by atoms with Crippen molar-refractivity contribution in [2.75, 3.05) is 31.7 Å². The van der Waals surface area contributed by atoms with Crippen LogP contribution in [0.15, 0.2) is 18.3 Å². The Balaban J connectivity index is 1.83. The van der Waals surface area contributed by atoms with Crippen LogP contribution in [0.2, 0.25) is 0 Å². The Morgan fingerprint density at radius 3 is 2.76 bits per heavy atom. The Morgan fingerprint density at radius 2 is 2.03 bits per heavy atom. The normalized spacial score (nSPS) is 14.7. The maximum Gasteiger partial charge on any atom is 0.340 e. The van der Waals surface area contributed by atoms with E-state index in [1.807, 2.05) is 13.8 Å². The number of hydrogen-bond donors (Lipinski definition) is 3. The predicted octanol–water partition coefficient (Wildman–Crippen LogP) is 3.03. The number of anilines is 1. The zero-order valence-corrected chi connectivity index (χ0v) is 19.4. The van der Waals surface area contributed by atoms with Gasteiger partial charge < -0.3 is 25.1 Å². The molecule has 1 aliphatic rings. The number of ether oxygens (including phenoxy) is 2. The van der Waals surface area contributed by atoms with Gasteiger partial charge in [-0.2, -0.15) is 0 Å². The van der Waals surface area contributed by atoms with Crippen molar-refractivity contribution in [2.45, 2.75) is 40.0 Å². The molecule has 0 radical (unpaired) electrons. The zero-order valence-electron chi connectivity index (χ0n) is 19.4. The third kappa shape index (κ3) is 5.67. The molecule has 2 amide bonds. The van der Waals surface area contributed by atoms with Crippen LogP contribution in [0, 0.1) is 6.92 Å². The van der Waals surface area contributed by atoms with Crippen molar-refractivity contribution >= 4 is 35.1 Å².